The molecule has 100 valence electrons. The predicted octanol–water partition coefficient (Wildman–Crippen LogP) is 2.87. The van der Waals surface area contributed by atoms with Crippen molar-refractivity contribution in [3.63, 3.8) is 0 Å². The molecule has 3 N–H and O–H groups in total. The second-order valence-corrected chi connectivity index (χ2v) is 4.48. The second-order valence-electron chi connectivity index (χ2n) is 4.48. The van der Waals surface area contributed by atoms with E-state index < -0.39 is 5.97 Å². The molecule has 0 spiro atoms. The third-order valence-corrected chi connectivity index (χ3v) is 3.10. The Morgan fingerprint density at radius 1 is 1.20 bits per heavy atom. The van der Waals surface area contributed by atoms with Gasteiger partial charge in [0.15, 0.2) is 5.69 Å². The highest BCUT2D eigenvalue weighted by molar-refractivity contribution is 6.01. The molecule has 0 radical (unpaired) electrons. The quantitative estimate of drug-likeness (QED) is 0.679. The van der Waals surface area contributed by atoms with Gasteiger partial charge in [0.1, 0.15) is 0 Å². The molecule has 0 unspecified atom stereocenters. The van der Waals surface area contributed by atoms with Crippen LogP contribution in [0.25, 0.3) is 10.9 Å². The maximum absolute atomic E-state index is 11.0. The first-order chi connectivity index (χ1) is 9.74. The number of carboxylic acid groups (broad SMARTS) is 1. The summed E-state index contributed by atoms with van der Waals surface area (Å²) in [6.45, 7) is 0.715. The van der Waals surface area contributed by atoms with Crippen LogP contribution in [-0.4, -0.2) is 21.3 Å². The number of aromatic nitrogens is 2. The zero-order chi connectivity index (χ0) is 13.9. The molecule has 20 heavy (non-hydrogen) atoms. The summed E-state index contributed by atoms with van der Waals surface area (Å²) in [5.41, 5.74) is 2.86. The molecule has 1 heterocycles. The maximum atomic E-state index is 11.0. The van der Waals surface area contributed by atoms with Gasteiger partial charge in [0.2, 0.25) is 0 Å². The summed E-state index contributed by atoms with van der Waals surface area (Å²) in [4.78, 5) is 11.0. The molecular weight excluding hydrogens is 254 g/mol. The minimum atomic E-state index is -1.03. The Kier molecular flexibility index (Phi) is 3.09. The highest BCUT2D eigenvalue weighted by atomic mass is 16.4. The zero-order valence-corrected chi connectivity index (χ0v) is 10.6. The summed E-state index contributed by atoms with van der Waals surface area (Å²) in [5, 5.41) is 19.4. The number of benzene rings is 2. The van der Waals surface area contributed by atoms with Gasteiger partial charge in [-0.3, -0.25) is 5.10 Å². The number of nitrogens with zero attached hydrogens (tertiary/aromatic N) is 1. The molecule has 3 aromatic rings. The molecule has 0 bridgehead atoms. The summed E-state index contributed by atoms with van der Waals surface area (Å²) in [6, 6.07) is 15.5. The van der Waals surface area contributed by atoms with Gasteiger partial charge in [-0.15, -0.1) is 0 Å². The number of carboxylic acids is 1. The fraction of sp³-hybridized carbons (Fsp3) is 0.0667. The lowest BCUT2D eigenvalue weighted by Gasteiger charge is -2.06. The van der Waals surface area contributed by atoms with E-state index in [2.05, 4.69) is 15.5 Å². The molecule has 1 aromatic heterocycles. The minimum Gasteiger partial charge on any atom is -0.476 e. The molecule has 0 amide bonds. The van der Waals surface area contributed by atoms with Gasteiger partial charge in [-0.25, -0.2) is 4.79 Å². The molecule has 3 rings (SSSR count). The first-order valence-corrected chi connectivity index (χ1v) is 6.23. The van der Waals surface area contributed by atoms with Crippen LogP contribution in [0.5, 0.6) is 0 Å². The molecule has 0 fully saturated rings. The van der Waals surface area contributed by atoms with Crippen LogP contribution < -0.4 is 5.32 Å². The lowest BCUT2D eigenvalue weighted by atomic mass is 10.2. The van der Waals surface area contributed by atoms with Gasteiger partial charge >= 0.3 is 5.97 Å². The Morgan fingerprint density at radius 2 is 2.00 bits per heavy atom. The number of carbonyl (C=O) groups is 1. The summed E-state index contributed by atoms with van der Waals surface area (Å²) in [5.74, 6) is -1.03. The van der Waals surface area contributed by atoms with Crippen LogP contribution in [0.4, 0.5) is 5.69 Å². The van der Waals surface area contributed by atoms with Crippen LogP contribution in [-0.2, 0) is 6.54 Å². The molecular formula is C15H13N3O2. The summed E-state index contributed by atoms with van der Waals surface area (Å²) in [6.07, 6.45) is 0. The Morgan fingerprint density at radius 3 is 2.75 bits per heavy atom. The number of nitrogens with one attached hydrogen (secondary N) is 2. The molecule has 0 saturated carbocycles. The molecule has 5 nitrogen and oxygen atoms in total. The number of aromatic amines is 1. The van der Waals surface area contributed by atoms with Crippen LogP contribution in [0.15, 0.2) is 48.5 Å². The minimum absolute atomic E-state index is 0.0506. The molecule has 0 atom stereocenters. The number of fused-ring (bicyclic) bond motifs is 1. The lowest BCUT2D eigenvalue weighted by molar-refractivity contribution is 0.0692. The monoisotopic (exact) mass is 267 g/mol. The van der Waals surface area contributed by atoms with Crippen LogP contribution in [0.2, 0.25) is 0 Å². The number of hydrogen-bond acceptors (Lipinski definition) is 3. The van der Waals surface area contributed by atoms with Gasteiger partial charge in [-0.1, -0.05) is 30.3 Å². The van der Waals surface area contributed by atoms with E-state index in [1.807, 2.05) is 42.5 Å². The average molecular weight is 267 g/mol. The molecule has 0 aliphatic heterocycles. The van der Waals surface area contributed by atoms with E-state index in [1.165, 1.54) is 5.56 Å². The molecule has 2 aromatic carbocycles. The van der Waals surface area contributed by atoms with Crippen molar-refractivity contribution in [3.8, 4) is 0 Å². The summed E-state index contributed by atoms with van der Waals surface area (Å²) >= 11 is 0. The predicted molar refractivity (Wildman–Crippen MR) is 76.8 cm³/mol. The molecule has 0 aliphatic rings. The van der Waals surface area contributed by atoms with Crippen molar-refractivity contribution < 1.29 is 9.90 Å². The maximum Gasteiger partial charge on any atom is 0.357 e. The van der Waals surface area contributed by atoms with Crippen LogP contribution in [0.3, 0.4) is 0 Å². The summed E-state index contributed by atoms with van der Waals surface area (Å²) < 4.78 is 0. The van der Waals surface area contributed by atoms with E-state index in [-0.39, 0.29) is 5.69 Å². The number of hydrogen-bond donors (Lipinski definition) is 3. The number of rotatable bonds is 4. The standard InChI is InChI=1S/C15H13N3O2/c19-15(20)14-12-7-6-11(8-13(12)17-18-14)16-9-10-4-2-1-3-5-10/h1-8,16H,9H2,(H,17,18)(H,19,20). The SMILES string of the molecule is O=C(O)c1n[nH]c2cc(NCc3ccccc3)ccc12. The van der Waals surface area contributed by atoms with Gasteiger partial charge < -0.3 is 10.4 Å². The van der Waals surface area contributed by atoms with E-state index in [0.29, 0.717) is 17.4 Å². The molecule has 5 heteroatoms. The van der Waals surface area contributed by atoms with Crippen LogP contribution >= 0.6 is 0 Å². The Labute approximate surface area is 115 Å². The van der Waals surface area contributed by atoms with Crippen molar-refractivity contribution in [1.82, 2.24) is 10.2 Å². The Hall–Kier alpha value is -2.82. The van der Waals surface area contributed by atoms with Crippen molar-refractivity contribution in [2.24, 2.45) is 0 Å². The number of H-pyrrole nitrogens is 1. The van der Waals surface area contributed by atoms with Crippen molar-refractivity contribution in [2.75, 3.05) is 5.32 Å². The molecule has 0 saturated heterocycles. The third-order valence-electron chi connectivity index (χ3n) is 3.10. The van der Waals surface area contributed by atoms with Crippen molar-refractivity contribution in [3.05, 3.63) is 59.8 Å². The van der Waals surface area contributed by atoms with E-state index in [4.69, 9.17) is 5.11 Å². The topological polar surface area (TPSA) is 78.0 Å². The van der Waals surface area contributed by atoms with Crippen LogP contribution in [0.1, 0.15) is 16.1 Å². The van der Waals surface area contributed by atoms with E-state index in [9.17, 15) is 4.79 Å². The van der Waals surface area contributed by atoms with E-state index in [0.717, 1.165) is 5.69 Å². The van der Waals surface area contributed by atoms with Gasteiger partial charge in [-0.05, 0) is 23.8 Å². The third kappa shape index (κ3) is 2.33. The van der Waals surface area contributed by atoms with Gasteiger partial charge in [0.05, 0.1) is 5.52 Å². The first kappa shape index (κ1) is 12.2. The first-order valence-electron chi connectivity index (χ1n) is 6.23. The van der Waals surface area contributed by atoms with Crippen LogP contribution in [0, 0.1) is 0 Å². The normalized spacial score (nSPS) is 10.6. The van der Waals surface area contributed by atoms with Crippen molar-refractivity contribution in [1.29, 1.82) is 0 Å². The number of anilines is 1. The fourth-order valence-corrected chi connectivity index (χ4v) is 2.09. The van der Waals surface area contributed by atoms with Gasteiger partial charge in [0.25, 0.3) is 0 Å². The lowest BCUT2D eigenvalue weighted by Crippen LogP contribution is -1.99. The zero-order valence-electron chi connectivity index (χ0n) is 10.6. The van der Waals surface area contributed by atoms with Crippen molar-refractivity contribution >= 4 is 22.6 Å². The van der Waals surface area contributed by atoms with Gasteiger partial charge in [-0.2, -0.15) is 5.10 Å². The van der Waals surface area contributed by atoms with Gasteiger partial charge in [0, 0.05) is 17.6 Å². The Balaban J connectivity index is 1.81. The summed E-state index contributed by atoms with van der Waals surface area (Å²) in [7, 11) is 0. The highest BCUT2D eigenvalue weighted by Gasteiger charge is 2.12. The van der Waals surface area contributed by atoms with Crippen molar-refractivity contribution in [2.45, 2.75) is 6.54 Å². The van der Waals surface area contributed by atoms with E-state index in [1.54, 1.807) is 6.07 Å². The second kappa shape index (κ2) is 5.05. The molecule has 0 aliphatic carbocycles. The van der Waals surface area contributed by atoms with E-state index >= 15 is 0 Å². The highest BCUT2D eigenvalue weighted by Crippen LogP contribution is 2.20. The number of aromatic carboxylic acids is 1. The Bertz CT molecular complexity index is 750. The fourth-order valence-electron chi connectivity index (χ4n) is 2.09. The smallest absolute Gasteiger partial charge is 0.357 e. The average Bonchev–Trinajstić information content (AvgIpc) is 2.89. The largest absolute Gasteiger partial charge is 0.476 e.